The molecule has 1 amide bonds. The van der Waals surface area contributed by atoms with Crippen molar-refractivity contribution in [3.63, 3.8) is 0 Å². The number of nitrogens with zero attached hydrogens (tertiary/aromatic N) is 3. The number of nitro benzene ring substituents is 1. The first-order chi connectivity index (χ1) is 12.8. The summed E-state index contributed by atoms with van der Waals surface area (Å²) in [6.45, 7) is 5.71. The number of carbonyl (C=O) groups excluding carboxylic acids is 1. The van der Waals surface area contributed by atoms with Gasteiger partial charge < -0.3 is 9.73 Å². The molecule has 3 aromatic rings. The number of halogens is 1. The van der Waals surface area contributed by atoms with Gasteiger partial charge in [0, 0.05) is 6.07 Å². The smallest absolute Gasteiger partial charge is 0.293 e. The zero-order valence-corrected chi connectivity index (χ0v) is 15.7. The van der Waals surface area contributed by atoms with Crippen LogP contribution in [0, 0.1) is 30.9 Å². The van der Waals surface area contributed by atoms with Gasteiger partial charge in [-0.1, -0.05) is 17.7 Å². The van der Waals surface area contributed by atoms with Gasteiger partial charge in [-0.25, -0.2) is 0 Å². The van der Waals surface area contributed by atoms with E-state index in [0.717, 1.165) is 11.3 Å². The Morgan fingerprint density at radius 2 is 2.04 bits per heavy atom. The second-order valence-electron chi connectivity index (χ2n) is 6.14. The fraction of sp³-hybridized carbons (Fsp3) is 0.222. The molecule has 0 unspecified atom stereocenters. The molecule has 1 aromatic carbocycles. The first kappa shape index (κ1) is 18.7. The van der Waals surface area contributed by atoms with E-state index in [0.29, 0.717) is 23.0 Å². The standard InChI is InChI=1S/C18H17ClN4O4/c1-10-4-6-14(15(8-10)23(25)26)20-18(24)16-7-5-13(27-16)9-22-12(3)17(19)11(2)21-22/h4-8H,9H2,1-3H3,(H,20,24). The summed E-state index contributed by atoms with van der Waals surface area (Å²) in [7, 11) is 0. The highest BCUT2D eigenvalue weighted by molar-refractivity contribution is 6.31. The highest BCUT2D eigenvalue weighted by Gasteiger charge is 2.19. The van der Waals surface area contributed by atoms with Gasteiger partial charge in [-0.3, -0.25) is 19.6 Å². The van der Waals surface area contributed by atoms with Crippen molar-refractivity contribution in [3.8, 4) is 0 Å². The molecule has 0 aliphatic carbocycles. The molecule has 0 saturated heterocycles. The average molecular weight is 389 g/mol. The molecule has 0 aliphatic rings. The SMILES string of the molecule is Cc1ccc(NC(=O)c2ccc(Cn3nc(C)c(Cl)c3C)o2)c([N+](=O)[O-])c1. The monoisotopic (exact) mass is 388 g/mol. The highest BCUT2D eigenvalue weighted by Crippen LogP contribution is 2.26. The maximum atomic E-state index is 12.4. The molecule has 2 heterocycles. The first-order valence-corrected chi connectivity index (χ1v) is 8.48. The summed E-state index contributed by atoms with van der Waals surface area (Å²) < 4.78 is 7.25. The van der Waals surface area contributed by atoms with Crippen molar-refractivity contribution in [1.29, 1.82) is 0 Å². The quantitative estimate of drug-likeness (QED) is 0.519. The van der Waals surface area contributed by atoms with Crippen molar-refractivity contribution >= 4 is 28.9 Å². The number of rotatable bonds is 5. The molecule has 0 fully saturated rings. The van der Waals surface area contributed by atoms with Crippen LogP contribution in [0.15, 0.2) is 34.7 Å². The minimum absolute atomic E-state index is 0.0486. The summed E-state index contributed by atoms with van der Waals surface area (Å²) in [5.41, 5.74) is 2.17. The van der Waals surface area contributed by atoms with Crippen molar-refractivity contribution in [1.82, 2.24) is 9.78 Å². The lowest BCUT2D eigenvalue weighted by molar-refractivity contribution is -0.384. The van der Waals surface area contributed by atoms with E-state index in [9.17, 15) is 14.9 Å². The lowest BCUT2D eigenvalue weighted by atomic mass is 10.2. The van der Waals surface area contributed by atoms with Gasteiger partial charge in [0.25, 0.3) is 11.6 Å². The fourth-order valence-corrected chi connectivity index (χ4v) is 2.78. The van der Waals surface area contributed by atoms with E-state index in [2.05, 4.69) is 10.4 Å². The summed E-state index contributed by atoms with van der Waals surface area (Å²) >= 11 is 6.13. The largest absolute Gasteiger partial charge is 0.454 e. The van der Waals surface area contributed by atoms with Gasteiger partial charge in [-0.2, -0.15) is 5.10 Å². The maximum Gasteiger partial charge on any atom is 0.293 e. The molecule has 0 spiro atoms. The van der Waals surface area contributed by atoms with Crippen LogP contribution in [0.4, 0.5) is 11.4 Å². The Hall–Kier alpha value is -3.13. The summed E-state index contributed by atoms with van der Waals surface area (Å²) in [5.74, 6) is -0.00655. The number of nitrogens with one attached hydrogen (secondary N) is 1. The van der Waals surface area contributed by atoms with Crippen molar-refractivity contribution < 1.29 is 14.1 Å². The minimum atomic E-state index is -0.570. The van der Waals surface area contributed by atoms with E-state index in [4.69, 9.17) is 16.0 Å². The molecule has 0 aliphatic heterocycles. The molecule has 0 saturated carbocycles. The predicted octanol–water partition coefficient (Wildman–Crippen LogP) is 4.26. The number of amides is 1. The molecular formula is C18H17ClN4O4. The van der Waals surface area contributed by atoms with Crippen LogP contribution in [0.1, 0.15) is 33.3 Å². The number of furan rings is 1. The topological polar surface area (TPSA) is 103 Å². The molecule has 8 nitrogen and oxygen atoms in total. The van der Waals surface area contributed by atoms with Gasteiger partial charge in [0.05, 0.1) is 27.9 Å². The molecule has 1 N–H and O–H groups in total. The van der Waals surface area contributed by atoms with Crippen LogP contribution in [-0.2, 0) is 6.54 Å². The number of aryl methyl sites for hydroxylation is 2. The Kier molecular flexibility index (Phi) is 5.00. The third kappa shape index (κ3) is 3.85. The summed E-state index contributed by atoms with van der Waals surface area (Å²) in [6, 6.07) is 7.74. The van der Waals surface area contributed by atoms with Crippen LogP contribution < -0.4 is 5.32 Å². The van der Waals surface area contributed by atoms with Crippen molar-refractivity contribution in [2.24, 2.45) is 0 Å². The van der Waals surface area contributed by atoms with Crippen LogP contribution in [0.25, 0.3) is 0 Å². The lowest BCUT2D eigenvalue weighted by Crippen LogP contribution is -2.12. The van der Waals surface area contributed by atoms with Gasteiger partial charge in [0.1, 0.15) is 11.4 Å². The Morgan fingerprint density at radius 3 is 2.67 bits per heavy atom. The third-order valence-corrected chi connectivity index (χ3v) is 4.63. The molecule has 27 heavy (non-hydrogen) atoms. The van der Waals surface area contributed by atoms with E-state index in [-0.39, 0.29) is 17.1 Å². The van der Waals surface area contributed by atoms with E-state index in [1.54, 1.807) is 30.7 Å². The average Bonchev–Trinajstić information content (AvgIpc) is 3.18. The molecule has 3 rings (SSSR count). The highest BCUT2D eigenvalue weighted by atomic mass is 35.5. The predicted molar refractivity (Wildman–Crippen MR) is 100 cm³/mol. The van der Waals surface area contributed by atoms with Gasteiger partial charge in [0.2, 0.25) is 0 Å². The fourth-order valence-electron chi connectivity index (χ4n) is 2.64. The third-order valence-electron chi connectivity index (χ3n) is 4.08. The van der Waals surface area contributed by atoms with Gasteiger partial charge >= 0.3 is 0 Å². The van der Waals surface area contributed by atoms with Gasteiger partial charge in [-0.15, -0.1) is 0 Å². The normalized spacial score (nSPS) is 10.8. The number of carbonyl (C=O) groups is 1. The van der Waals surface area contributed by atoms with Crippen molar-refractivity contribution in [3.05, 3.63) is 73.9 Å². The second kappa shape index (κ2) is 7.24. The summed E-state index contributed by atoms with van der Waals surface area (Å²) in [5, 5.41) is 18.6. The second-order valence-corrected chi connectivity index (χ2v) is 6.52. The number of benzene rings is 1. The first-order valence-electron chi connectivity index (χ1n) is 8.11. The van der Waals surface area contributed by atoms with Gasteiger partial charge in [-0.05, 0) is 44.5 Å². The number of nitro groups is 1. The Bertz CT molecular complexity index is 1040. The van der Waals surface area contributed by atoms with E-state index < -0.39 is 10.8 Å². The molecule has 0 atom stereocenters. The van der Waals surface area contributed by atoms with Crippen LogP contribution in [0.5, 0.6) is 0 Å². The number of hydrogen-bond acceptors (Lipinski definition) is 5. The Labute approximate surface area is 159 Å². The van der Waals surface area contributed by atoms with Crippen molar-refractivity contribution in [2.45, 2.75) is 27.3 Å². The van der Waals surface area contributed by atoms with Gasteiger partial charge in [0.15, 0.2) is 5.76 Å². The molecular weight excluding hydrogens is 372 g/mol. The summed E-state index contributed by atoms with van der Waals surface area (Å²) in [6.07, 6.45) is 0. The van der Waals surface area contributed by atoms with Crippen LogP contribution in [0.2, 0.25) is 5.02 Å². The van der Waals surface area contributed by atoms with Crippen molar-refractivity contribution in [2.75, 3.05) is 5.32 Å². The number of anilines is 1. The minimum Gasteiger partial charge on any atom is -0.454 e. The van der Waals surface area contributed by atoms with E-state index in [1.165, 1.54) is 18.2 Å². The zero-order chi connectivity index (χ0) is 19.7. The zero-order valence-electron chi connectivity index (χ0n) is 14.9. The lowest BCUT2D eigenvalue weighted by Gasteiger charge is -2.05. The van der Waals surface area contributed by atoms with Crippen LogP contribution in [0.3, 0.4) is 0 Å². The molecule has 0 radical (unpaired) electrons. The number of aromatic nitrogens is 2. The molecule has 2 aromatic heterocycles. The van der Waals surface area contributed by atoms with Crippen LogP contribution in [-0.4, -0.2) is 20.6 Å². The number of hydrogen-bond donors (Lipinski definition) is 1. The molecule has 9 heteroatoms. The molecule has 0 bridgehead atoms. The van der Waals surface area contributed by atoms with E-state index >= 15 is 0 Å². The summed E-state index contributed by atoms with van der Waals surface area (Å²) in [4.78, 5) is 23.0. The van der Waals surface area contributed by atoms with E-state index in [1.807, 2.05) is 6.92 Å². The maximum absolute atomic E-state index is 12.4. The molecule has 140 valence electrons. The van der Waals surface area contributed by atoms with Crippen LogP contribution >= 0.6 is 11.6 Å². The Balaban J connectivity index is 1.78. The Morgan fingerprint density at radius 1 is 1.30 bits per heavy atom.